The van der Waals surface area contributed by atoms with Crippen LogP contribution in [0.1, 0.15) is 32.6 Å². The van der Waals surface area contributed by atoms with Crippen molar-refractivity contribution in [1.82, 2.24) is 0 Å². The molecule has 1 rings (SSSR count). The molecule has 1 aliphatic carbocycles. The van der Waals surface area contributed by atoms with Gasteiger partial charge in [0.2, 0.25) is 12.2 Å². The Morgan fingerprint density at radius 1 is 1.36 bits per heavy atom. The van der Waals surface area contributed by atoms with Gasteiger partial charge in [0.15, 0.2) is 0 Å². The third-order valence-electron chi connectivity index (χ3n) is 3.04. The number of carbonyl (C=O) groups excluding carboxylic acids is 2. The number of aliphatic imine (C=N–C) groups is 2. The van der Waals surface area contributed by atoms with Crippen LogP contribution in [-0.4, -0.2) is 24.2 Å². The van der Waals surface area contributed by atoms with Crippen LogP contribution in [-0.2, 0) is 9.59 Å². The molecule has 0 spiro atoms. The molecule has 0 aliphatic heterocycles. The monoisotopic (exact) mass is 194 g/mol. The number of hydrogen-bond donors (Lipinski definition) is 0. The Labute approximate surface area is 83.1 Å². The molecule has 2 unspecified atom stereocenters. The van der Waals surface area contributed by atoms with Crippen molar-refractivity contribution in [3.8, 4) is 0 Å². The second-order valence-electron chi connectivity index (χ2n) is 3.93. The topological polar surface area (TPSA) is 58.9 Å². The number of rotatable bonds is 3. The standard InChI is InChI=1S/C10H14N2O2/c1-10(12-8-14)5-3-2-4-9(10)6-11-7-13/h9H,2-6H2,1H3. The van der Waals surface area contributed by atoms with E-state index in [4.69, 9.17) is 0 Å². The average Bonchev–Trinajstić information content (AvgIpc) is 2.17. The summed E-state index contributed by atoms with van der Waals surface area (Å²) in [4.78, 5) is 27.7. The molecule has 0 amide bonds. The largest absolute Gasteiger partial charge is 0.235 e. The summed E-state index contributed by atoms with van der Waals surface area (Å²) in [5.41, 5.74) is -0.375. The molecule has 2 atom stereocenters. The number of nitrogens with zero attached hydrogens (tertiary/aromatic N) is 2. The molecule has 1 aliphatic rings. The van der Waals surface area contributed by atoms with Crippen molar-refractivity contribution < 1.29 is 9.59 Å². The molecular formula is C10H14N2O2. The van der Waals surface area contributed by atoms with E-state index >= 15 is 0 Å². The van der Waals surface area contributed by atoms with Gasteiger partial charge in [-0.1, -0.05) is 12.8 Å². The summed E-state index contributed by atoms with van der Waals surface area (Å²) in [5, 5.41) is 0. The van der Waals surface area contributed by atoms with E-state index in [0.717, 1.165) is 25.7 Å². The van der Waals surface area contributed by atoms with E-state index in [-0.39, 0.29) is 11.5 Å². The van der Waals surface area contributed by atoms with Crippen molar-refractivity contribution in [3.05, 3.63) is 0 Å². The molecule has 76 valence electrons. The van der Waals surface area contributed by atoms with Gasteiger partial charge < -0.3 is 0 Å². The van der Waals surface area contributed by atoms with E-state index in [9.17, 15) is 9.59 Å². The summed E-state index contributed by atoms with van der Waals surface area (Å²) < 4.78 is 0. The molecule has 0 saturated heterocycles. The molecular weight excluding hydrogens is 180 g/mol. The van der Waals surface area contributed by atoms with Crippen LogP contribution in [0.3, 0.4) is 0 Å². The first-order chi connectivity index (χ1) is 6.73. The van der Waals surface area contributed by atoms with E-state index in [2.05, 4.69) is 9.98 Å². The van der Waals surface area contributed by atoms with Crippen LogP contribution in [0.25, 0.3) is 0 Å². The van der Waals surface area contributed by atoms with Gasteiger partial charge in [0, 0.05) is 5.92 Å². The molecule has 14 heavy (non-hydrogen) atoms. The molecule has 4 heteroatoms. The maximum absolute atomic E-state index is 10.3. The molecule has 0 aromatic heterocycles. The minimum Gasteiger partial charge on any atom is -0.211 e. The Morgan fingerprint density at radius 2 is 2.14 bits per heavy atom. The van der Waals surface area contributed by atoms with E-state index in [1.807, 2.05) is 6.92 Å². The van der Waals surface area contributed by atoms with Gasteiger partial charge >= 0.3 is 0 Å². The van der Waals surface area contributed by atoms with Crippen LogP contribution in [0.5, 0.6) is 0 Å². The molecule has 4 nitrogen and oxygen atoms in total. The summed E-state index contributed by atoms with van der Waals surface area (Å²) in [6.07, 6.45) is 7.18. The highest BCUT2D eigenvalue weighted by Crippen LogP contribution is 2.36. The van der Waals surface area contributed by atoms with Crippen LogP contribution in [0, 0.1) is 5.92 Å². The predicted octanol–water partition coefficient (Wildman–Crippen LogP) is 1.61. The molecule has 0 heterocycles. The third-order valence-corrected chi connectivity index (χ3v) is 3.04. The lowest BCUT2D eigenvalue weighted by molar-refractivity contribution is 0.217. The maximum atomic E-state index is 10.3. The Balaban J connectivity index is 2.76. The van der Waals surface area contributed by atoms with Gasteiger partial charge in [0.25, 0.3) is 0 Å². The Kier molecular flexibility index (Phi) is 3.75. The van der Waals surface area contributed by atoms with Gasteiger partial charge in [-0.3, -0.25) is 0 Å². The van der Waals surface area contributed by atoms with Crippen LogP contribution in [0.15, 0.2) is 9.98 Å². The number of isocyanates is 2. The van der Waals surface area contributed by atoms with Crippen molar-refractivity contribution in [2.75, 3.05) is 6.54 Å². The summed E-state index contributed by atoms with van der Waals surface area (Å²) in [6, 6.07) is 0. The molecule has 0 radical (unpaired) electrons. The van der Waals surface area contributed by atoms with Crippen molar-refractivity contribution in [1.29, 1.82) is 0 Å². The highest BCUT2D eigenvalue weighted by Gasteiger charge is 2.36. The fourth-order valence-electron chi connectivity index (χ4n) is 2.08. The van der Waals surface area contributed by atoms with Crippen molar-refractivity contribution in [3.63, 3.8) is 0 Å². The lowest BCUT2D eigenvalue weighted by Gasteiger charge is -2.35. The molecule has 1 saturated carbocycles. The molecule has 1 fully saturated rings. The third kappa shape index (κ3) is 2.38. The van der Waals surface area contributed by atoms with Gasteiger partial charge in [-0.2, -0.15) is 4.99 Å². The zero-order valence-corrected chi connectivity index (χ0v) is 8.32. The van der Waals surface area contributed by atoms with Gasteiger partial charge in [-0.15, -0.1) is 0 Å². The van der Waals surface area contributed by atoms with E-state index in [1.54, 1.807) is 6.08 Å². The Morgan fingerprint density at radius 3 is 2.79 bits per heavy atom. The van der Waals surface area contributed by atoms with E-state index in [1.165, 1.54) is 6.08 Å². The van der Waals surface area contributed by atoms with Gasteiger partial charge in [-0.25, -0.2) is 14.6 Å². The first-order valence-corrected chi connectivity index (χ1v) is 4.85. The van der Waals surface area contributed by atoms with Gasteiger partial charge in [0.1, 0.15) is 0 Å². The number of hydrogen-bond acceptors (Lipinski definition) is 4. The van der Waals surface area contributed by atoms with Crippen LogP contribution in [0.4, 0.5) is 0 Å². The molecule has 0 bridgehead atoms. The normalized spacial score (nSPS) is 31.4. The lowest BCUT2D eigenvalue weighted by Crippen LogP contribution is -2.37. The molecule has 0 aromatic carbocycles. The summed E-state index contributed by atoms with van der Waals surface area (Å²) in [5.74, 6) is 0.180. The fraction of sp³-hybridized carbons (Fsp3) is 0.800. The highest BCUT2D eigenvalue weighted by atomic mass is 16.1. The molecule has 0 N–H and O–H groups in total. The smallest absolute Gasteiger partial charge is 0.211 e. The maximum Gasteiger partial charge on any atom is 0.235 e. The average molecular weight is 194 g/mol. The van der Waals surface area contributed by atoms with Crippen molar-refractivity contribution in [2.24, 2.45) is 15.9 Å². The highest BCUT2D eigenvalue weighted by molar-refractivity contribution is 5.35. The Hall–Kier alpha value is -1.24. The van der Waals surface area contributed by atoms with E-state index in [0.29, 0.717) is 6.54 Å². The summed E-state index contributed by atoms with van der Waals surface area (Å²) >= 11 is 0. The van der Waals surface area contributed by atoms with E-state index < -0.39 is 0 Å². The second-order valence-corrected chi connectivity index (χ2v) is 3.93. The summed E-state index contributed by atoms with van der Waals surface area (Å²) in [7, 11) is 0. The van der Waals surface area contributed by atoms with Crippen LogP contribution in [0.2, 0.25) is 0 Å². The minimum absolute atomic E-state index is 0.180. The van der Waals surface area contributed by atoms with Gasteiger partial charge in [-0.05, 0) is 19.8 Å². The Bertz CT molecular complexity index is 290. The quantitative estimate of drug-likeness (QED) is 0.506. The first-order valence-electron chi connectivity index (χ1n) is 4.85. The van der Waals surface area contributed by atoms with Crippen LogP contribution < -0.4 is 0 Å². The zero-order chi connectivity index (χ0) is 10.4. The van der Waals surface area contributed by atoms with Crippen molar-refractivity contribution in [2.45, 2.75) is 38.1 Å². The minimum atomic E-state index is -0.375. The van der Waals surface area contributed by atoms with Crippen molar-refractivity contribution >= 4 is 12.2 Å². The molecule has 0 aromatic rings. The fourth-order valence-corrected chi connectivity index (χ4v) is 2.08. The SMILES string of the molecule is CC1(N=C=O)CCCCC1CN=C=O. The summed E-state index contributed by atoms with van der Waals surface area (Å²) in [6.45, 7) is 2.35. The lowest BCUT2D eigenvalue weighted by atomic mass is 9.74. The zero-order valence-electron chi connectivity index (χ0n) is 8.32. The second kappa shape index (κ2) is 4.85. The first kappa shape index (κ1) is 10.8. The predicted molar refractivity (Wildman–Crippen MR) is 51.5 cm³/mol. The van der Waals surface area contributed by atoms with Crippen LogP contribution >= 0.6 is 0 Å². The van der Waals surface area contributed by atoms with Gasteiger partial charge in [0.05, 0.1) is 12.1 Å².